The fraction of sp³-hybridized carbons (Fsp3) is 0.160. The van der Waals surface area contributed by atoms with E-state index in [2.05, 4.69) is 36.5 Å². The predicted octanol–water partition coefficient (Wildman–Crippen LogP) is 2.51. The van der Waals surface area contributed by atoms with Crippen LogP contribution in [0.3, 0.4) is 0 Å². The van der Waals surface area contributed by atoms with Crippen LogP contribution in [0.2, 0.25) is 0 Å². The second kappa shape index (κ2) is 9.36. The molecule has 0 spiro atoms. The van der Waals surface area contributed by atoms with Gasteiger partial charge in [-0.15, -0.1) is 0 Å². The molecule has 31 heavy (non-hydrogen) atoms. The first kappa shape index (κ1) is 20.5. The largest absolute Gasteiger partial charge is 0.348 e. The van der Waals surface area contributed by atoms with E-state index < -0.39 is 0 Å². The van der Waals surface area contributed by atoms with Crippen LogP contribution in [0.5, 0.6) is 0 Å². The lowest BCUT2D eigenvalue weighted by Crippen LogP contribution is -3.04. The van der Waals surface area contributed by atoms with Gasteiger partial charge in [0.25, 0.3) is 5.91 Å². The van der Waals surface area contributed by atoms with Crippen LogP contribution in [0, 0.1) is 0 Å². The maximum atomic E-state index is 13.2. The fourth-order valence-corrected chi connectivity index (χ4v) is 3.52. The van der Waals surface area contributed by atoms with Crippen molar-refractivity contribution in [1.82, 2.24) is 20.1 Å². The summed E-state index contributed by atoms with van der Waals surface area (Å²) in [5, 5.41) is 7.78. The van der Waals surface area contributed by atoms with Crippen molar-refractivity contribution < 1.29 is 9.69 Å². The quantitative estimate of drug-likeness (QED) is 0.490. The number of para-hydroxylation sites is 1. The highest BCUT2D eigenvalue weighted by molar-refractivity contribution is 5.99. The normalized spacial score (nSPS) is 10.9. The number of amides is 1. The van der Waals surface area contributed by atoms with Crippen molar-refractivity contribution in [2.24, 2.45) is 0 Å². The standard InChI is InChI=1S/C25H25N5O/c1-29(2)17-21-10-7-6-9-19(21)16-27-25(31)23-18-30(22-12-4-3-5-13-22)28-24(23)20-11-8-14-26-15-20/h3-15,18H,16-17H2,1-2H3,(H,27,31)/p+1. The van der Waals surface area contributed by atoms with Crippen LogP contribution in [0.1, 0.15) is 21.5 Å². The third-order valence-corrected chi connectivity index (χ3v) is 5.02. The molecule has 2 aromatic heterocycles. The van der Waals surface area contributed by atoms with Gasteiger partial charge in [-0.2, -0.15) is 5.10 Å². The van der Waals surface area contributed by atoms with Gasteiger partial charge in [0.2, 0.25) is 0 Å². The zero-order chi connectivity index (χ0) is 21.6. The molecular formula is C25H26N5O+. The Bertz CT molecular complexity index is 1150. The minimum atomic E-state index is -0.159. The molecule has 0 unspecified atom stereocenters. The molecule has 0 saturated carbocycles. The predicted molar refractivity (Wildman–Crippen MR) is 121 cm³/mol. The molecule has 6 nitrogen and oxygen atoms in total. The summed E-state index contributed by atoms with van der Waals surface area (Å²) in [4.78, 5) is 18.7. The maximum absolute atomic E-state index is 13.2. The summed E-state index contributed by atoms with van der Waals surface area (Å²) in [5.74, 6) is -0.159. The number of carbonyl (C=O) groups excluding carboxylic acids is 1. The van der Waals surface area contributed by atoms with Crippen LogP contribution >= 0.6 is 0 Å². The molecule has 4 aromatic rings. The number of quaternary nitrogens is 1. The van der Waals surface area contributed by atoms with Gasteiger partial charge < -0.3 is 10.2 Å². The minimum Gasteiger partial charge on any atom is -0.348 e. The zero-order valence-electron chi connectivity index (χ0n) is 17.7. The van der Waals surface area contributed by atoms with Crippen molar-refractivity contribution >= 4 is 5.91 Å². The van der Waals surface area contributed by atoms with Crippen molar-refractivity contribution in [3.63, 3.8) is 0 Å². The van der Waals surface area contributed by atoms with E-state index in [0.29, 0.717) is 17.8 Å². The molecule has 0 aliphatic rings. The molecular weight excluding hydrogens is 386 g/mol. The van der Waals surface area contributed by atoms with Crippen LogP contribution < -0.4 is 10.2 Å². The molecule has 1 amide bonds. The highest BCUT2D eigenvalue weighted by Gasteiger charge is 2.19. The summed E-state index contributed by atoms with van der Waals surface area (Å²) in [7, 11) is 4.24. The van der Waals surface area contributed by atoms with E-state index in [4.69, 9.17) is 5.10 Å². The monoisotopic (exact) mass is 412 g/mol. The van der Waals surface area contributed by atoms with Gasteiger partial charge in [0, 0.05) is 36.3 Å². The van der Waals surface area contributed by atoms with Crippen LogP contribution in [0.4, 0.5) is 0 Å². The summed E-state index contributed by atoms with van der Waals surface area (Å²) in [6, 6.07) is 21.7. The topological polar surface area (TPSA) is 64.2 Å². The van der Waals surface area contributed by atoms with Crippen molar-refractivity contribution in [2.75, 3.05) is 14.1 Å². The summed E-state index contributed by atoms with van der Waals surface area (Å²) < 4.78 is 1.74. The fourth-order valence-electron chi connectivity index (χ4n) is 3.52. The van der Waals surface area contributed by atoms with Gasteiger partial charge in [-0.3, -0.25) is 9.78 Å². The molecule has 2 heterocycles. The van der Waals surface area contributed by atoms with Gasteiger partial charge in [0.05, 0.1) is 25.3 Å². The summed E-state index contributed by atoms with van der Waals surface area (Å²) in [5.41, 5.74) is 5.18. The van der Waals surface area contributed by atoms with Crippen molar-refractivity contribution in [1.29, 1.82) is 0 Å². The highest BCUT2D eigenvalue weighted by atomic mass is 16.1. The number of aromatic nitrogens is 3. The van der Waals surface area contributed by atoms with Crippen molar-refractivity contribution in [2.45, 2.75) is 13.1 Å². The number of hydrogen-bond acceptors (Lipinski definition) is 3. The van der Waals surface area contributed by atoms with Crippen molar-refractivity contribution in [3.05, 3.63) is 102 Å². The zero-order valence-corrected chi connectivity index (χ0v) is 17.7. The molecule has 0 fully saturated rings. The molecule has 0 aliphatic carbocycles. The first-order valence-corrected chi connectivity index (χ1v) is 10.3. The van der Waals surface area contributed by atoms with E-state index in [-0.39, 0.29) is 5.91 Å². The molecule has 2 aromatic carbocycles. The van der Waals surface area contributed by atoms with E-state index in [0.717, 1.165) is 23.4 Å². The number of rotatable bonds is 7. The van der Waals surface area contributed by atoms with Gasteiger partial charge in [0.1, 0.15) is 12.2 Å². The molecule has 2 N–H and O–H groups in total. The number of benzene rings is 2. The summed E-state index contributed by atoms with van der Waals surface area (Å²) in [6.07, 6.45) is 5.22. The molecule has 0 atom stereocenters. The van der Waals surface area contributed by atoms with Crippen LogP contribution in [0.25, 0.3) is 16.9 Å². The third-order valence-electron chi connectivity index (χ3n) is 5.02. The molecule has 0 saturated heterocycles. The lowest BCUT2D eigenvalue weighted by atomic mass is 10.1. The Morgan fingerprint density at radius 1 is 0.968 bits per heavy atom. The van der Waals surface area contributed by atoms with E-state index >= 15 is 0 Å². The van der Waals surface area contributed by atoms with E-state index in [9.17, 15) is 4.79 Å². The lowest BCUT2D eigenvalue weighted by molar-refractivity contribution is -0.872. The molecule has 0 radical (unpaired) electrons. The Labute approximate surface area is 182 Å². The number of nitrogens with one attached hydrogen (secondary N) is 2. The van der Waals surface area contributed by atoms with E-state index in [1.165, 1.54) is 10.5 Å². The average Bonchev–Trinajstić information content (AvgIpc) is 3.25. The Morgan fingerprint density at radius 3 is 2.42 bits per heavy atom. The van der Waals surface area contributed by atoms with E-state index in [1.807, 2.05) is 54.6 Å². The molecule has 6 heteroatoms. The minimum absolute atomic E-state index is 0.159. The van der Waals surface area contributed by atoms with Crippen molar-refractivity contribution in [3.8, 4) is 16.9 Å². The van der Waals surface area contributed by atoms with Crippen LogP contribution in [0.15, 0.2) is 85.3 Å². The third kappa shape index (κ3) is 4.87. The van der Waals surface area contributed by atoms with Crippen LogP contribution in [-0.4, -0.2) is 34.8 Å². The molecule has 0 aliphatic heterocycles. The number of pyridine rings is 1. The Hall–Kier alpha value is -3.77. The van der Waals surface area contributed by atoms with Gasteiger partial charge in [-0.05, 0) is 29.8 Å². The second-order valence-electron chi connectivity index (χ2n) is 7.75. The van der Waals surface area contributed by atoms with Crippen LogP contribution in [-0.2, 0) is 13.1 Å². The van der Waals surface area contributed by atoms with Gasteiger partial charge in [-0.25, -0.2) is 4.68 Å². The number of hydrogen-bond donors (Lipinski definition) is 2. The molecule has 4 rings (SSSR count). The molecule has 156 valence electrons. The van der Waals surface area contributed by atoms with Gasteiger partial charge in [-0.1, -0.05) is 42.5 Å². The lowest BCUT2D eigenvalue weighted by Gasteiger charge is -2.13. The first-order chi connectivity index (χ1) is 15.1. The number of nitrogens with zero attached hydrogens (tertiary/aromatic N) is 3. The summed E-state index contributed by atoms with van der Waals surface area (Å²) in [6.45, 7) is 1.37. The smallest absolute Gasteiger partial charge is 0.255 e. The molecule has 0 bridgehead atoms. The Morgan fingerprint density at radius 2 is 1.71 bits per heavy atom. The van der Waals surface area contributed by atoms with E-state index in [1.54, 1.807) is 23.3 Å². The highest BCUT2D eigenvalue weighted by Crippen LogP contribution is 2.23. The average molecular weight is 413 g/mol. The maximum Gasteiger partial charge on any atom is 0.255 e. The first-order valence-electron chi connectivity index (χ1n) is 10.3. The summed E-state index contributed by atoms with van der Waals surface area (Å²) >= 11 is 0. The van der Waals surface area contributed by atoms with Gasteiger partial charge >= 0.3 is 0 Å². The Kier molecular flexibility index (Phi) is 6.19. The Balaban J connectivity index is 1.63. The van der Waals surface area contributed by atoms with Gasteiger partial charge in [0.15, 0.2) is 0 Å². The second-order valence-corrected chi connectivity index (χ2v) is 7.75. The number of carbonyl (C=O) groups is 1. The SMILES string of the molecule is C[NH+](C)Cc1ccccc1CNC(=O)c1cn(-c2ccccc2)nc1-c1cccnc1.